The van der Waals surface area contributed by atoms with Crippen LogP contribution in [0.1, 0.15) is 43.2 Å². The van der Waals surface area contributed by atoms with Gasteiger partial charge in [0, 0.05) is 6.04 Å². The summed E-state index contributed by atoms with van der Waals surface area (Å²) < 4.78 is 27.8. The van der Waals surface area contributed by atoms with Gasteiger partial charge in [0.25, 0.3) is 5.91 Å². The fourth-order valence-corrected chi connectivity index (χ4v) is 5.28. The van der Waals surface area contributed by atoms with Crippen LogP contribution < -0.4 is 5.43 Å². The SMILES string of the molecule is Cc1cccc(C=NNC(=O)CN(C2CCCCC2)S(=O)(=O)c2ccccc2)c1. The fourth-order valence-electron chi connectivity index (χ4n) is 3.61. The molecule has 29 heavy (non-hydrogen) atoms. The lowest BCUT2D eigenvalue weighted by atomic mass is 9.95. The molecule has 0 aromatic heterocycles. The van der Waals surface area contributed by atoms with Crippen LogP contribution in [0, 0.1) is 6.92 Å². The number of amides is 1. The smallest absolute Gasteiger partial charge is 0.255 e. The zero-order valence-corrected chi connectivity index (χ0v) is 17.4. The summed E-state index contributed by atoms with van der Waals surface area (Å²) in [5.41, 5.74) is 4.43. The molecule has 1 amide bonds. The van der Waals surface area contributed by atoms with Crippen LogP contribution in [-0.4, -0.2) is 37.4 Å². The number of rotatable bonds is 7. The van der Waals surface area contributed by atoms with Crippen LogP contribution in [0.2, 0.25) is 0 Å². The first-order chi connectivity index (χ1) is 14.0. The molecule has 0 aliphatic heterocycles. The van der Waals surface area contributed by atoms with Crippen molar-refractivity contribution >= 4 is 22.1 Å². The first-order valence-electron chi connectivity index (χ1n) is 9.92. The van der Waals surface area contributed by atoms with Gasteiger partial charge < -0.3 is 0 Å². The summed E-state index contributed by atoms with van der Waals surface area (Å²) in [5, 5.41) is 3.99. The number of hydrogen-bond donors (Lipinski definition) is 1. The van der Waals surface area contributed by atoms with E-state index in [9.17, 15) is 13.2 Å². The Morgan fingerprint density at radius 1 is 1.10 bits per heavy atom. The van der Waals surface area contributed by atoms with Crippen molar-refractivity contribution in [3.63, 3.8) is 0 Å². The van der Waals surface area contributed by atoms with E-state index in [1.54, 1.807) is 36.5 Å². The zero-order valence-electron chi connectivity index (χ0n) is 16.6. The fraction of sp³-hybridized carbons (Fsp3) is 0.364. The number of benzene rings is 2. The molecular weight excluding hydrogens is 386 g/mol. The first kappa shape index (κ1) is 21.2. The van der Waals surface area contributed by atoms with E-state index in [4.69, 9.17) is 0 Å². The topological polar surface area (TPSA) is 78.8 Å². The molecule has 0 unspecified atom stereocenters. The molecule has 2 aromatic rings. The Bertz CT molecular complexity index is 952. The predicted octanol–water partition coefficient (Wildman–Crippen LogP) is 3.47. The van der Waals surface area contributed by atoms with Gasteiger partial charge in [0.15, 0.2) is 0 Å². The highest BCUT2D eigenvalue weighted by Crippen LogP contribution is 2.27. The Morgan fingerprint density at radius 2 is 1.83 bits per heavy atom. The number of carbonyl (C=O) groups excluding carboxylic acids is 1. The van der Waals surface area contributed by atoms with Gasteiger partial charge in [-0.05, 0) is 37.5 Å². The Balaban J connectivity index is 1.73. The molecule has 0 bridgehead atoms. The highest BCUT2D eigenvalue weighted by atomic mass is 32.2. The zero-order chi connectivity index (χ0) is 20.7. The molecule has 0 saturated heterocycles. The summed E-state index contributed by atoms with van der Waals surface area (Å²) >= 11 is 0. The number of nitrogens with zero attached hydrogens (tertiary/aromatic N) is 2. The third-order valence-corrected chi connectivity index (χ3v) is 6.99. The van der Waals surface area contributed by atoms with E-state index in [2.05, 4.69) is 10.5 Å². The summed E-state index contributed by atoms with van der Waals surface area (Å²) in [6.07, 6.45) is 6.14. The molecule has 7 heteroatoms. The van der Waals surface area contributed by atoms with Gasteiger partial charge in [-0.25, -0.2) is 13.8 Å². The van der Waals surface area contributed by atoms with Crippen molar-refractivity contribution in [1.82, 2.24) is 9.73 Å². The maximum Gasteiger partial charge on any atom is 0.255 e. The van der Waals surface area contributed by atoms with Gasteiger partial charge in [0.2, 0.25) is 10.0 Å². The van der Waals surface area contributed by atoms with Crippen LogP contribution in [0.4, 0.5) is 0 Å². The van der Waals surface area contributed by atoms with Crippen LogP contribution in [0.5, 0.6) is 0 Å². The Hall–Kier alpha value is -2.51. The lowest BCUT2D eigenvalue weighted by Crippen LogP contribution is -2.46. The lowest BCUT2D eigenvalue weighted by Gasteiger charge is -2.32. The van der Waals surface area contributed by atoms with Crippen molar-refractivity contribution in [3.05, 3.63) is 65.7 Å². The van der Waals surface area contributed by atoms with Crippen LogP contribution in [0.15, 0.2) is 64.6 Å². The number of hydrogen-bond acceptors (Lipinski definition) is 4. The van der Waals surface area contributed by atoms with E-state index >= 15 is 0 Å². The number of nitrogens with one attached hydrogen (secondary N) is 1. The van der Waals surface area contributed by atoms with Gasteiger partial charge in [-0.3, -0.25) is 4.79 Å². The monoisotopic (exact) mass is 413 g/mol. The third kappa shape index (κ3) is 5.74. The molecule has 1 aliphatic rings. The van der Waals surface area contributed by atoms with Crippen molar-refractivity contribution < 1.29 is 13.2 Å². The normalized spacial score (nSPS) is 15.7. The maximum absolute atomic E-state index is 13.2. The van der Waals surface area contributed by atoms with E-state index in [1.807, 2.05) is 31.2 Å². The molecule has 3 rings (SSSR count). The average molecular weight is 414 g/mol. The van der Waals surface area contributed by atoms with Crippen LogP contribution in [0.3, 0.4) is 0 Å². The number of hydrazone groups is 1. The van der Waals surface area contributed by atoms with Gasteiger partial charge in [-0.1, -0.05) is 67.3 Å². The maximum atomic E-state index is 13.2. The minimum Gasteiger partial charge on any atom is -0.272 e. The Kier molecular flexibility index (Phi) is 7.17. The number of aryl methyl sites for hydroxylation is 1. The van der Waals surface area contributed by atoms with Gasteiger partial charge >= 0.3 is 0 Å². The second-order valence-corrected chi connectivity index (χ2v) is 9.25. The molecule has 154 valence electrons. The van der Waals surface area contributed by atoms with Crippen molar-refractivity contribution in [3.8, 4) is 0 Å². The predicted molar refractivity (Wildman–Crippen MR) is 114 cm³/mol. The van der Waals surface area contributed by atoms with Gasteiger partial charge in [0.1, 0.15) is 0 Å². The minimum atomic E-state index is -3.76. The van der Waals surface area contributed by atoms with Gasteiger partial charge in [-0.2, -0.15) is 9.41 Å². The molecule has 0 spiro atoms. The van der Waals surface area contributed by atoms with Crippen molar-refractivity contribution in [1.29, 1.82) is 0 Å². The van der Waals surface area contributed by atoms with E-state index in [1.165, 1.54) is 4.31 Å². The van der Waals surface area contributed by atoms with Crippen LogP contribution >= 0.6 is 0 Å². The molecule has 1 aliphatic carbocycles. The highest BCUT2D eigenvalue weighted by molar-refractivity contribution is 7.89. The average Bonchev–Trinajstić information content (AvgIpc) is 2.73. The molecule has 2 aromatic carbocycles. The third-order valence-electron chi connectivity index (χ3n) is 5.08. The molecular formula is C22H27N3O3S. The standard InChI is InChI=1S/C22H27N3O3S/c1-18-9-8-10-19(15-18)16-23-24-22(26)17-25(20-11-4-2-5-12-20)29(27,28)21-13-6-3-7-14-21/h3,6-10,13-16,20H,2,4-5,11-12,17H2,1H3,(H,24,26). The van der Waals surface area contributed by atoms with E-state index in [-0.39, 0.29) is 17.5 Å². The summed E-state index contributed by atoms with van der Waals surface area (Å²) in [7, 11) is -3.76. The minimum absolute atomic E-state index is 0.166. The number of carbonyl (C=O) groups is 1. The van der Waals surface area contributed by atoms with Gasteiger partial charge in [0.05, 0.1) is 17.7 Å². The molecule has 0 heterocycles. The largest absolute Gasteiger partial charge is 0.272 e. The number of sulfonamides is 1. The molecule has 6 nitrogen and oxygen atoms in total. The van der Waals surface area contributed by atoms with E-state index in [0.717, 1.165) is 43.2 Å². The molecule has 1 saturated carbocycles. The van der Waals surface area contributed by atoms with Crippen molar-refractivity contribution in [2.45, 2.75) is 50.0 Å². The molecule has 1 N–H and O–H groups in total. The van der Waals surface area contributed by atoms with Crippen LogP contribution in [0.25, 0.3) is 0 Å². The lowest BCUT2D eigenvalue weighted by molar-refractivity contribution is -0.121. The molecule has 0 radical (unpaired) electrons. The summed E-state index contributed by atoms with van der Waals surface area (Å²) in [6.45, 7) is 1.74. The van der Waals surface area contributed by atoms with Crippen molar-refractivity contribution in [2.24, 2.45) is 5.10 Å². The Labute approximate surface area is 172 Å². The van der Waals surface area contributed by atoms with Crippen molar-refractivity contribution in [2.75, 3.05) is 6.54 Å². The Morgan fingerprint density at radius 3 is 2.52 bits per heavy atom. The summed E-state index contributed by atoms with van der Waals surface area (Å²) in [4.78, 5) is 12.7. The highest BCUT2D eigenvalue weighted by Gasteiger charge is 2.33. The second-order valence-electron chi connectivity index (χ2n) is 7.36. The van der Waals surface area contributed by atoms with E-state index < -0.39 is 15.9 Å². The second kappa shape index (κ2) is 9.80. The van der Waals surface area contributed by atoms with E-state index in [0.29, 0.717) is 0 Å². The summed E-state index contributed by atoms with van der Waals surface area (Å²) in [6, 6.07) is 15.9. The van der Waals surface area contributed by atoms with Crippen LogP contribution in [-0.2, 0) is 14.8 Å². The summed E-state index contributed by atoms with van der Waals surface area (Å²) in [5.74, 6) is -0.445. The van der Waals surface area contributed by atoms with Gasteiger partial charge in [-0.15, -0.1) is 0 Å². The quantitative estimate of drug-likeness (QED) is 0.558. The molecule has 0 atom stereocenters. The molecule has 1 fully saturated rings. The first-order valence-corrected chi connectivity index (χ1v) is 11.4.